The zero-order chi connectivity index (χ0) is 18.6. The first kappa shape index (κ1) is 19.4. The first-order valence-electron chi connectivity index (χ1n) is 7.84. The molecule has 0 fully saturated rings. The Kier molecular flexibility index (Phi) is 6.21. The summed E-state index contributed by atoms with van der Waals surface area (Å²) < 4.78 is 27.1. The number of carbonyl (C=O) groups is 1. The van der Waals surface area contributed by atoms with Crippen LogP contribution in [0.5, 0.6) is 0 Å². The minimum atomic E-state index is -3.76. The molecule has 0 aliphatic heterocycles. The number of halogens is 1. The number of hydrogen-bond acceptors (Lipinski definition) is 3. The summed E-state index contributed by atoms with van der Waals surface area (Å²) in [5, 5.41) is 3.40. The van der Waals surface area contributed by atoms with Gasteiger partial charge in [-0.1, -0.05) is 41.4 Å². The molecule has 0 spiro atoms. The molecule has 2 aromatic rings. The van der Waals surface area contributed by atoms with Crippen LogP contribution in [0.4, 0.5) is 0 Å². The number of hydrogen-bond donors (Lipinski definition) is 2. The van der Waals surface area contributed by atoms with Gasteiger partial charge < -0.3 is 5.32 Å². The number of amides is 1. The van der Waals surface area contributed by atoms with Gasteiger partial charge in [-0.25, -0.2) is 8.42 Å². The van der Waals surface area contributed by atoms with Gasteiger partial charge in [0, 0.05) is 5.02 Å². The molecule has 0 saturated carbocycles. The molecule has 2 aromatic carbocycles. The summed E-state index contributed by atoms with van der Waals surface area (Å²) in [7, 11) is -3.76. The number of rotatable bonds is 6. The van der Waals surface area contributed by atoms with Crippen LogP contribution in [0.1, 0.15) is 31.0 Å². The molecule has 134 valence electrons. The van der Waals surface area contributed by atoms with Gasteiger partial charge in [-0.2, -0.15) is 4.72 Å². The molecule has 0 radical (unpaired) electrons. The van der Waals surface area contributed by atoms with Crippen molar-refractivity contribution >= 4 is 27.5 Å². The van der Waals surface area contributed by atoms with E-state index in [0.29, 0.717) is 5.02 Å². The van der Waals surface area contributed by atoms with Crippen LogP contribution >= 0.6 is 11.6 Å². The number of aryl methyl sites for hydroxylation is 1. The number of benzene rings is 2. The van der Waals surface area contributed by atoms with Crippen molar-refractivity contribution in [2.45, 2.75) is 37.8 Å². The topological polar surface area (TPSA) is 75.3 Å². The Morgan fingerprint density at radius 1 is 1.00 bits per heavy atom. The van der Waals surface area contributed by atoms with E-state index < -0.39 is 22.0 Å². The minimum Gasteiger partial charge on any atom is -0.348 e. The molecule has 2 N–H and O–H groups in total. The summed E-state index contributed by atoms with van der Waals surface area (Å²) in [5.74, 6) is -0.405. The van der Waals surface area contributed by atoms with Gasteiger partial charge in [0.2, 0.25) is 15.9 Å². The molecule has 0 aromatic heterocycles. The lowest BCUT2D eigenvalue weighted by molar-refractivity contribution is -0.123. The lowest BCUT2D eigenvalue weighted by Crippen LogP contribution is -2.45. The Morgan fingerprint density at radius 2 is 1.56 bits per heavy atom. The molecule has 0 bridgehead atoms. The van der Waals surface area contributed by atoms with Crippen LogP contribution < -0.4 is 10.0 Å². The molecule has 1 amide bonds. The third-order valence-electron chi connectivity index (χ3n) is 3.79. The predicted molar refractivity (Wildman–Crippen MR) is 99.0 cm³/mol. The summed E-state index contributed by atoms with van der Waals surface area (Å²) in [6, 6.07) is 12.4. The van der Waals surface area contributed by atoms with E-state index in [1.165, 1.54) is 19.1 Å². The fraction of sp³-hybridized carbons (Fsp3) is 0.278. The van der Waals surface area contributed by atoms with Gasteiger partial charge in [0.1, 0.15) is 0 Å². The van der Waals surface area contributed by atoms with Crippen LogP contribution in [0.2, 0.25) is 5.02 Å². The molecule has 7 heteroatoms. The lowest BCUT2D eigenvalue weighted by Gasteiger charge is -2.19. The summed E-state index contributed by atoms with van der Waals surface area (Å²) >= 11 is 5.85. The standard InChI is InChI=1S/C18H21ClN2O3S/c1-12-4-10-17(11-5-12)25(23,24)21-14(3)18(22)20-13(2)15-6-8-16(19)9-7-15/h4-11,13-14,21H,1-3H3,(H,20,22)/t13-,14+/m0/s1. The molecule has 0 unspecified atom stereocenters. The minimum absolute atomic E-state index is 0.128. The van der Waals surface area contributed by atoms with Crippen molar-refractivity contribution in [2.24, 2.45) is 0 Å². The quantitative estimate of drug-likeness (QED) is 0.808. The van der Waals surface area contributed by atoms with Crippen molar-refractivity contribution in [3.05, 3.63) is 64.7 Å². The Balaban J connectivity index is 2.01. The van der Waals surface area contributed by atoms with Gasteiger partial charge in [0.05, 0.1) is 17.0 Å². The number of carbonyl (C=O) groups excluding carboxylic acids is 1. The second-order valence-corrected chi connectivity index (χ2v) is 8.09. The molecule has 25 heavy (non-hydrogen) atoms. The first-order chi connectivity index (χ1) is 11.7. The van der Waals surface area contributed by atoms with Crippen molar-refractivity contribution in [1.29, 1.82) is 0 Å². The van der Waals surface area contributed by atoms with Crippen LogP contribution in [-0.4, -0.2) is 20.4 Å². The van der Waals surface area contributed by atoms with Gasteiger partial charge in [-0.15, -0.1) is 0 Å². The molecule has 2 atom stereocenters. The van der Waals surface area contributed by atoms with Crippen LogP contribution in [0.3, 0.4) is 0 Å². The van der Waals surface area contributed by atoms with E-state index in [1.54, 1.807) is 24.3 Å². The first-order valence-corrected chi connectivity index (χ1v) is 9.70. The summed E-state index contributed by atoms with van der Waals surface area (Å²) in [5.41, 5.74) is 1.84. The lowest BCUT2D eigenvalue weighted by atomic mass is 10.1. The predicted octanol–water partition coefficient (Wildman–Crippen LogP) is 3.19. The van der Waals surface area contributed by atoms with E-state index in [0.717, 1.165) is 11.1 Å². The van der Waals surface area contributed by atoms with Crippen LogP contribution in [-0.2, 0) is 14.8 Å². The van der Waals surface area contributed by atoms with Crippen LogP contribution in [0, 0.1) is 6.92 Å². The van der Waals surface area contributed by atoms with E-state index in [4.69, 9.17) is 11.6 Å². The van der Waals surface area contributed by atoms with E-state index in [2.05, 4.69) is 10.0 Å². The van der Waals surface area contributed by atoms with Crippen molar-refractivity contribution in [2.75, 3.05) is 0 Å². The monoisotopic (exact) mass is 380 g/mol. The highest BCUT2D eigenvalue weighted by Crippen LogP contribution is 2.16. The third kappa shape index (κ3) is 5.29. The molecule has 5 nitrogen and oxygen atoms in total. The maximum absolute atomic E-state index is 12.3. The molecule has 0 aliphatic rings. The highest BCUT2D eigenvalue weighted by molar-refractivity contribution is 7.89. The Morgan fingerprint density at radius 3 is 2.12 bits per heavy atom. The summed E-state index contributed by atoms with van der Waals surface area (Å²) in [6.45, 7) is 5.20. The van der Waals surface area contributed by atoms with Crippen molar-refractivity contribution < 1.29 is 13.2 Å². The average molecular weight is 381 g/mol. The molecular formula is C18H21ClN2O3S. The van der Waals surface area contributed by atoms with E-state index in [9.17, 15) is 13.2 Å². The van der Waals surface area contributed by atoms with Crippen LogP contribution in [0.15, 0.2) is 53.4 Å². The fourth-order valence-electron chi connectivity index (χ4n) is 2.24. The highest BCUT2D eigenvalue weighted by Gasteiger charge is 2.23. The molecule has 2 rings (SSSR count). The van der Waals surface area contributed by atoms with Crippen molar-refractivity contribution in [1.82, 2.24) is 10.0 Å². The number of sulfonamides is 1. The zero-order valence-corrected chi connectivity index (χ0v) is 15.9. The fourth-order valence-corrected chi connectivity index (χ4v) is 3.57. The largest absolute Gasteiger partial charge is 0.348 e. The average Bonchev–Trinajstić information content (AvgIpc) is 2.55. The maximum atomic E-state index is 12.3. The third-order valence-corrected chi connectivity index (χ3v) is 5.59. The van der Waals surface area contributed by atoms with E-state index in [1.807, 2.05) is 26.0 Å². The second-order valence-electron chi connectivity index (χ2n) is 5.94. The molecular weight excluding hydrogens is 360 g/mol. The van der Waals surface area contributed by atoms with Gasteiger partial charge >= 0.3 is 0 Å². The zero-order valence-electron chi connectivity index (χ0n) is 14.3. The highest BCUT2D eigenvalue weighted by atomic mass is 35.5. The molecule has 0 saturated heterocycles. The van der Waals surface area contributed by atoms with Gasteiger partial charge in [-0.05, 0) is 50.6 Å². The van der Waals surface area contributed by atoms with Crippen molar-refractivity contribution in [3.8, 4) is 0 Å². The SMILES string of the molecule is Cc1ccc(S(=O)(=O)N[C@H](C)C(=O)N[C@@H](C)c2ccc(Cl)cc2)cc1. The van der Waals surface area contributed by atoms with Gasteiger partial charge in [0.25, 0.3) is 0 Å². The summed E-state index contributed by atoms with van der Waals surface area (Å²) in [4.78, 5) is 12.4. The smallest absolute Gasteiger partial charge is 0.241 e. The van der Waals surface area contributed by atoms with Crippen LogP contribution in [0.25, 0.3) is 0 Å². The number of nitrogens with one attached hydrogen (secondary N) is 2. The Hall–Kier alpha value is -1.89. The van der Waals surface area contributed by atoms with E-state index in [-0.39, 0.29) is 10.9 Å². The normalized spacial score (nSPS) is 13.9. The maximum Gasteiger partial charge on any atom is 0.241 e. The molecule has 0 aliphatic carbocycles. The Labute approximate surface area is 153 Å². The van der Waals surface area contributed by atoms with Gasteiger partial charge in [0.15, 0.2) is 0 Å². The summed E-state index contributed by atoms with van der Waals surface area (Å²) in [6.07, 6.45) is 0. The van der Waals surface area contributed by atoms with Gasteiger partial charge in [-0.3, -0.25) is 4.79 Å². The second kappa shape index (κ2) is 7.99. The van der Waals surface area contributed by atoms with E-state index >= 15 is 0 Å². The van der Waals surface area contributed by atoms with Crippen molar-refractivity contribution in [3.63, 3.8) is 0 Å². The Bertz CT molecular complexity index is 834. The molecule has 0 heterocycles.